The highest BCUT2D eigenvalue weighted by Crippen LogP contribution is 2.23. The second kappa shape index (κ2) is 6.02. The normalized spacial score (nSPS) is 29.1. The van der Waals surface area contributed by atoms with Crippen molar-refractivity contribution < 1.29 is 4.79 Å². The quantitative estimate of drug-likeness (QED) is 0.814. The van der Waals surface area contributed by atoms with Crippen LogP contribution >= 0.6 is 0 Å². The van der Waals surface area contributed by atoms with Crippen LogP contribution in [0.25, 0.3) is 0 Å². The smallest absolute Gasteiger partial charge is 0.239 e. The van der Waals surface area contributed by atoms with E-state index in [0.717, 1.165) is 25.4 Å². The lowest BCUT2D eigenvalue weighted by molar-refractivity contribution is -0.130. The predicted octanol–water partition coefficient (Wildman–Crippen LogP) is 1.07. The van der Waals surface area contributed by atoms with Gasteiger partial charge < -0.3 is 15.1 Å². The molecule has 0 aromatic carbocycles. The van der Waals surface area contributed by atoms with E-state index in [1.807, 2.05) is 14.1 Å². The minimum atomic E-state index is 0.0435. The Morgan fingerprint density at radius 2 is 1.78 bits per heavy atom. The number of hydrogen-bond donors (Lipinski definition) is 1. The fourth-order valence-corrected chi connectivity index (χ4v) is 3.31. The molecule has 1 heterocycles. The number of nitrogens with one attached hydrogen (secondary N) is 1. The molecule has 1 aliphatic carbocycles. The Bertz CT molecular complexity index is 287. The van der Waals surface area contributed by atoms with Gasteiger partial charge in [-0.15, -0.1) is 0 Å². The number of nitrogens with zero attached hydrogens (tertiary/aromatic N) is 2. The lowest BCUT2D eigenvalue weighted by Crippen LogP contribution is -2.46. The minimum absolute atomic E-state index is 0.0435. The van der Waals surface area contributed by atoms with Gasteiger partial charge in [0.05, 0.1) is 6.04 Å². The van der Waals surface area contributed by atoms with Crippen molar-refractivity contribution >= 4 is 5.91 Å². The van der Waals surface area contributed by atoms with E-state index >= 15 is 0 Å². The minimum Gasteiger partial charge on any atom is -0.347 e. The number of carbonyl (C=O) groups is 1. The first-order valence-corrected chi connectivity index (χ1v) is 7.25. The Labute approximate surface area is 111 Å². The lowest BCUT2D eigenvalue weighted by Gasteiger charge is -2.27. The van der Waals surface area contributed by atoms with Crippen LogP contribution < -0.4 is 5.32 Å². The third-order valence-corrected chi connectivity index (χ3v) is 4.44. The second-order valence-electron chi connectivity index (χ2n) is 6.10. The van der Waals surface area contributed by atoms with E-state index in [2.05, 4.69) is 17.3 Å². The van der Waals surface area contributed by atoms with E-state index in [1.54, 1.807) is 4.90 Å². The number of hydrogen-bond acceptors (Lipinski definition) is 3. The first-order valence-electron chi connectivity index (χ1n) is 7.25. The van der Waals surface area contributed by atoms with Crippen LogP contribution in [0.15, 0.2) is 0 Å². The first-order chi connectivity index (χ1) is 8.58. The summed E-state index contributed by atoms with van der Waals surface area (Å²) in [6.45, 7) is 1.09. The van der Waals surface area contributed by atoms with Gasteiger partial charge in [-0.2, -0.15) is 0 Å². The molecule has 104 valence electrons. The van der Waals surface area contributed by atoms with Crippen LogP contribution in [0.4, 0.5) is 0 Å². The Kier molecular flexibility index (Phi) is 4.62. The van der Waals surface area contributed by atoms with Crippen LogP contribution in [-0.2, 0) is 4.79 Å². The van der Waals surface area contributed by atoms with E-state index in [-0.39, 0.29) is 11.9 Å². The maximum absolute atomic E-state index is 11.9. The number of rotatable bonds is 4. The second-order valence-corrected chi connectivity index (χ2v) is 6.10. The summed E-state index contributed by atoms with van der Waals surface area (Å²) >= 11 is 0. The molecule has 2 fully saturated rings. The van der Waals surface area contributed by atoms with Gasteiger partial charge in [-0.25, -0.2) is 0 Å². The van der Waals surface area contributed by atoms with Crippen LogP contribution in [0.2, 0.25) is 0 Å². The third-order valence-electron chi connectivity index (χ3n) is 4.44. The summed E-state index contributed by atoms with van der Waals surface area (Å²) in [4.78, 5) is 16.1. The van der Waals surface area contributed by atoms with Crippen molar-refractivity contribution in [3.63, 3.8) is 0 Å². The van der Waals surface area contributed by atoms with Crippen LogP contribution in [0, 0.1) is 0 Å². The average molecular weight is 253 g/mol. The van der Waals surface area contributed by atoms with Gasteiger partial charge in [0, 0.05) is 32.7 Å². The molecule has 1 N–H and O–H groups in total. The summed E-state index contributed by atoms with van der Waals surface area (Å²) in [5, 5.41) is 3.49. The molecule has 0 spiro atoms. The summed E-state index contributed by atoms with van der Waals surface area (Å²) in [6.07, 6.45) is 7.58. The van der Waals surface area contributed by atoms with E-state index in [9.17, 15) is 4.79 Å². The van der Waals surface area contributed by atoms with E-state index in [1.165, 1.54) is 25.7 Å². The van der Waals surface area contributed by atoms with Gasteiger partial charge in [0.25, 0.3) is 0 Å². The van der Waals surface area contributed by atoms with Gasteiger partial charge in [0.1, 0.15) is 0 Å². The molecule has 2 rings (SSSR count). The maximum atomic E-state index is 11.9. The van der Waals surface area contributed by atoms with Crippen molar-refractivity contribution in [1.82, 2.24) is 15.1 Å². The largest absolute Gasteiger partial charge is 0.347 e. The Balaban J connectivity index is 1.76. The van der Waals surface area contributed by atoms with Crippen LogP contribution in [0.3, 0.4) is 0 Å². The molecule has 0 aromatic heterocycles. The molecule has 2 aliphatic rings. The summed E-state index contributed by atoms with van der Waals surface area (Å²) < 4.78 is 0. The van der Waals surface area contributed by atoms with Gasteiger partial charge >= 0.3 is 0 Å². The molecule has 0 radical (unpaired) electrons. The SMILES string of the molecule is CN(C)C(=O)C1CCC(CN(C)C2CCCC2)N1. The topological polar surface area (TPSA) is 35.6 Å². The highest BCUT2D eigenvalue weighted by atomic mass is 16.2. The molecule has 1 saturated heterocycles. The van der Waals surface area contributed by atoms with Crippen molar-refractivity contribution in [3.05, 3.63) is 0 Å². The molecule has 2 unspecified atom stereocenters. The number of amides is 1. The lowest BCUT2D eigenvalue weighted by atomic mass is 10.1. The third kappa shape index (κ3) is 3.23. The highest BCUT2D eigenvalue weighted by molar-refractivity contribution is 5.81. The van der Waals surface area contributed by atoms with Gasteiger partial charge in [0.15, 0.2) is 0 Å². The first kappa shape index (κ1) is 13.8. The van der Waals surface area contributed by atoms with Gasteiger partial charge in [-0.3, -0.25) is 4.79 Å². The Morgan fingerprint density at radius 1 is 1.11 bits per heavy atom. The van der Waals surface area contributed by atoms with Crippen LogP contribution in [0.5, 0.6) is 0 Å². The molecule has 0 bridgehead atoms. The number of carbonyl (C=O) groups excluding carboxylic acids is 1. The molecule has 1 amide bonds. The van der Waals surface area contributed by atoms with Gasteiger partial charge in [-0.1, -0.05) is 12.8 Å². The summed E-state index contributed by atoms with van der Waals surface area (Å²) in [5.74, 6) is 0.223. The maximum Gasteiger partial charge on any atom is 0.239 e. The van der Waals surface area contributed by atoms with E-state index < -0.39 is 0 Å². The summed E-state index contributed by atoms with van der Waals surface area (Å²) in [5.41, 5.74) is 0. The standard InChI is InChI=1S/C14H27N3O/c1-16(2)14(18)13-9-8-11(15-13)10-17(3)12-6-4-5-7-12/h11-13,15H,4-10H2,1-3H3. The highest BCUT2D eigenvalue weighted by Gasteiger charge is 2.31. The van der Waals surface area contributed by atoms with Crippen molar-refractivity contribution in [1.29, 1.82) is 0 Å². The number of likely N-dealkylation sites (N-methyl/N-ethyl adjacent to an activating group) is 2. The van der Waals surface area contributed by atoms with Gasteiger partial charge in [-0.05, 0) is 32.7 Å². The molecule has 4 heteroatoms. The molecular formula is C14H27N3O. The predicted molar refractivity (Wildman–Crippen MR) is 73.5 cm³/mol. The molecule has 2 atom stereocenters. The zero-order valence-corrected chi connectivity index (χ0v) is 12.0. The molecule has 18 heavy (non-hydrogen) atoms. The molecule has 0 aromatic rings. The van der Waals surface area contributed by atoms with Crippen molar-refractivity contribution in [2.45, 2.75) is 56.7 Å². The van der Waals surface area contributed by atoms with Crippen LogP contribution in [-0.4, -0.2) is 61.5 Å². The van der Waals surface area contributed by atoms with Gasteiger partial charge in [0.2, 0.25) is 5.91 Å². The van der Waals surface area contributed by atoms with E-state index in [0.29, 0.717) is 6.04 Å². The molecule has 1 aliphatic heterocycles. The van der Waals surface area contributed by atoms with Crippen molar-refractivity contribution in [3.8, 4) is 0 Å². The fraction of sp³-hybridized carbons (Fsp3) is 0.929. The van der Waals surface area contributed by atoms with E-state index in [4.69, 9.17) is 0 Å². The monoisotopic (exact) mass is 253 g/mol. The van der Waals surface area contributed by atoms with Crippen molar-refractivity contribution in [2.24, 2.45) is 0 Å². The average Bonchev–Trinajstić information content (AvgIpc) is 2.98. The summed E-state index contributed by atoms with van der Waals surface area (Å²) in [7, 11) is 5.91. The molecule has 4 nitrogen and oxygen atoms in total. The Morgan fingerprint density at radius 3 is 2.39 bits per heavy atom. The van der Waals surface area contributed by atoms with Crippen molar-refractivity contribution in [2.75, 3.05) is 27.7 Å². The van der Waals surface area contributed by atoms with Crippen LogP contribution in [0.1, 0.15) is 38.5 Å². The zero-order chi connectivity index (χ0) is 13.1. The fourth-order valence-electron chi connectivity index (χ4n) is 3.31. The molecular weight excluding hydrogens is 226 g/mol. The molecule has 1 saturated carbocycles. The zero-order valence-electron chi connectivity index (χ0n) is 12.0. The Hall–Kier alpha value is -0.610. The summed E-state index contributed by atoms with van der Waals surface area (Å²) in [6, 6.07) is 1.31.